The fourth-order valence-electron chi connectivity index (χ4n) is 1.19. The molecule has 3 heteroatoms. The quantitative estimate of drug-likeness (QED) is 0.770. The van der Waals surface area contributed by atoms with Crippen molar-refractivity contribution in [2.75, 3.05) is 7.05 Å². The second kappa shape index (κ2) is 3.80. The van der Waals surface area contributed by atoms with Crippen LogP contribution in [0, 0.1) is 0 Å². The summed E-state index contributed by atoms with van der Waals surface area (Å²) in [6.07, 6.45) is 0. The van der Waals surface area contributed by atoms with E-state index < -0.39 is 5.97 Å². The van der Waals surface area contributed by atoms with E-state index in [-0.39, 0.29) is 5.54 Å². The molecule has 2 N–H and O–H groups in total. The largest absolute Gasteiger partial charge is 0.478 e. The maximum absolute atomic E-state index is 10.7. The molecule has 0 atom stereocenters. The first-order chi connectivity index (χ1) is 6.47. The van der Waals surface area contributed by atoms with E-state index in [1.54, 1.807) is 18.2 Å². The second-order valence-corrected chi connectivity index (χ2v) is 3.76. The van der Waals surface area contributed by atoms with Crippen molar-refractivity contribution in [3.63, 3.8) is 0 Å². The monoisotopic (exact) mass is 193 g/mol. The minimum Gasteiger partial charge on any atom is -0.478 e. The predicted octanol–water partition coefficient (Wildman–Crippen LogP) is 1.84. The summed E-state index contributed by atoms with van der Waals surface area (Å²) in [7, 11) is 1.85. The van der Waals surface area contributed by atoms with Crippen LogP contribution in [-0.4, -0.2) is 18.1 Å². The lowest BCUT2D eigenvalue weighted by Crippen LogP contribution is -2.33. The normalized spacial score (nSPS) is 11.4. The van der Waals surface area contributed by atoms with Gasteiger partial charge in [-0.15, -0.1) is 0 Å². The summed E-state index contributed by atoms with van der Waals surface area (Å²) in [5.41, 5.74) is 1.09. The summed E-state index contributed by atoms with van der Waals surface area (Å²) in [4.78, 5) is 10.7. The maximum atomic E-state index is 10.7. The summed E-state index contributed by atoms with van der Waals surface area (Å²) < 4.78 is 0. The van der Waals surface area contributed by atoms with Crippen molar-refractivity contribution in [3.05, 3.63) is 35.4 Å². The minimum absolute atomic E-state index is 0.203. The van der Waals surface area contributed by atoms with Crippen molar-refractivity contribution in [3.8, 4) is 0 Å². The highest BCUT2D eigenvalue weighted by Gasteiger charge is 2.18. The van der Waals surface area contributed by atoms with Gasteiger partial charge in [0.15, 0.2) is 0 Å². The molecule has 76 valence electrons. The molecule has 0 aromatic heterocycles. The number of rotatable bonds is 3. The van der Waals surface area contributed by atoms with Gasteiger partial charge in [-0.3, -0.25) is 0 Å². The molecule has 14 heavy (non-hydrogen) atoms. The fraction of sp³-hybridized carbons (Fsp3) is 0.364. The van der Waals surface area contributed by atoms with Crippen molar-refractivity contribution in [1.82, 2.24) is 5.32 Å². The molecule has 0 aliphatic rings. The molecule has 0 heterocycles. The highest BCUT2D eigenvalue weighted by atomic mass is 16.4. The van der Waals surface area contributed by atoms with E-state index in [4.69, 9.17) is 5.11 Å². The van der Waals surface area contributed by atoms with Crippen LogP contribution in [0.25, 0.3) is 0 Å². The molecule has 1 aromatic rings. The lowest BCUT2D eigenvalue weighted by molar-refractivity contribution is 0.0696. The molecule has 1 aromatic carbocycles. The Morgan fingerprint density at radius 1 is 1.43 bits per heavy atom. The molecule has 0 radical (unpaired) electrons. The number of aromatic carboxylic acids is 1. The topological polar surface area (TPSA) is 49.3 Å². The van der Waals surface area contributed by atoms with E-state index in [1.165, 1.54) is 0 Å². The third-order valence-electron chi connectivity index (χ3n) is 2.46. The predicted molar refractivity (Wildman–Crippen MR) is 55.5 cm³/mol. The Bertz CT molecular complexity index is 345. The fourth-order valence-corrected chi connectivity index (χ4v) is 1.19. The van der Waals surface area contributed by atoms with Gasteiger partial charge in [0.05, 0.1) is 5.56 Å². The van der Waals surface area contributed by atoms with Crippen molar-refractivity contribution in [2.45, 2.75) is 19.4 Å². The summed E-state index contributed by atoms with van der Waals surface area (Å²) in [5.74, 6) is -0.890. The van der Waals surface area contributed by atoms with Gasteiger partial charge in [0, 0.05) is 5.54 Å². The Morgan fingerprint density at radius 2 is 2.07 bits per heavy atom. The van der Waals surface area contributed by atoms with E-state index in [1.807, 2.05) is 27.0 Å². The van der Waals surface area contributed by atoms with E-state index in [0.29, 0.717) is 5.56 Å². The van der Waals surface area contributed by atoms with Gasteiger partial charge in [-0.25, -0.2) is 4.79 Å². The Hall–Kier alpha value is -1.35. The molecule has 1 rings (SSSR count). The van der Waals surface area contributed by atoms with E-state index in [2.05, 4.69) is 5.32 Å². The molecule has 0 saturated carbocycles. The molecule has 0 spiro atoms. The number of hydrogen-bond donors (Lipinski definition) is 2. The standard InChI is InChI=1S/C11H15NO2/c1-11(2,12-3)9-6-4-5-8(7-9)10(13)14/h4-7,12H,1-3H3,(H,13,14). The third-order valence-corrected chi connectivity index (χ3v) is 2.46. The average Bonchev–Trinajstić information content (AvgIpc) is 2.18. The number of nitrogens with one attached hydrogen (secondary N) is 1. The van der Waals surface area contributed by atoms with E-state index >= 15 is 0 Å². The summed E-state index contributed by atoms with van der Waals surface area (Å²) >= 11 is 0. The van der Waals surface area contributed by atoms with Gasteiger partial charge < -0.3 is 10.4 Å². The number of carbonyl (C=O) groups is 1. The van der Waals surface area contributed by atoms with Crippen LogP contribution in [-0.2, 0) is 5.54 Å². The minimum atomic E-state index is -0.890. The number of hydrogen-bond acceptors (Lipinski definition) is 2. The SMILES string of the molecule is CNC(C)(C)c1cccc(C(=O)O)c1. The lowest BCUT2D eigenvalue weighted by Gasteiger charge is -2.24. The highest BCUT2D eigenvalue weighted by Crippen LogP contribution is 2.20. The molecule has 3 nitrogen and oxygen atoms in total. The molecule has 0 unspecified atom stereocenters. The van der Waals surface area contributed by atoms with Crippen LogP contribution in [0.3, 0.4) is 0 Å². The Balaban J connectivity index is 3.12. The molecule has 0 aliphatic carbocycles. The van der Waals surface area contributed by atoms with Crippen LogP contribution < -0.4 is 5.32 Å². The van der Waals surface area contributed by atoms with Crippen molar-refractivity contribution < 1.29 is 9.90 Å². The molecular formula is C11H15NO2. The van der Waals surface area contributed by atoms with Gasteiger partial charge in [0.25, 0.3) is 0 Å². The van der Waals surface area contributed by atoms with Crippen LogP contribution >= 0.6 is 0 Å². The Morgan fingerprint density at radius 3 is 2.57 bits per heavy atom. The van der Waals surface area contributed by atoms with Crippen molar-refractivity contribution in [2.24, 2.45) is 0 Å². The molecule has 0 saturated heterocycles. The summed E-state index contributed by atoms with van der Waals surface area (Å²) in [6, 6.07) is 6.97. The van der Waals surface area contributed by atoms with Crippen molar-refractivity contribution >= 4 is 5.97 Å². The third kappa shape index (κ3) is 2.12. The number of carboxylic acids is 1. The van der Waals surface area contributed by atoms with Gasteiger partial charge in [-0.1, -0.05) is 12.1 Å². The first-order valence-corrected chi connectivity index (χ1v) is 4.50. The van der Waals surface area contributed by atoms with Gasteiger partial charge >= 0.3 is 5.97 Å². The van der Waals surface area contributed by atoms with Crippen LogP contribution in [0.4, 0.5) is 0 Å². The van der Waals surface area contributed by atoms with Gasteiger partial charge in [0.1, 0.15) is 0 Å². The first-order valence-electron chi connectivity index (χ1n) is 4.50. The zero-order valence-electron chi connectivity index (χ0n) is 8.66. The van der Waals surface area contributed by atoms with E-state index in [0.717, 1.165) is 5.56 Å². The van der Waals surface area contributed by atoms with Crippen LogP contribution in [0.2, 0.25) is 0 Å². The lowest BCUT2D eigenvalue weighted by atomic mass is 9.93. The second-order valence-electron chi connectivity index (χ2n) is 3.76. The smallest absolute Gasteiger partial charge is 0.335 e. The highest BCUT2D eigenvalue weighted by molar-refractivity contribution is 5.87. The number of carboxylic acid groups (broad SMARTS) is 1. The zero-order chi connectivity index (χ0) is 10.8. The maximum Gasteiger partial charge on any atom is 0.335 e. The Labute approximate surface area is 83.8 Å². The van der Waals surface area contributed by atoms with Gasteiger partial charge in [-0.2, -0.15) is 0 Å². The summed E-state index contributed by atoms with van der Waals surface area (Å²) in [5, 5.41) is 12.0. The van der Waals surface area contributed by atoms with E-state index in [9.17, 15) is 4.79 Å². The first kappa shape index (κ1) is 10.7. The molecule has 0 bridgehead atoms. The molecular weight excluding hydrogens is 178 g/mol. The van der Waals surface area contributed by atoms with Gasteiger partial charge in [-0.05, 0) is 38.6 Å². The molecule has 0 aliphatic heterocycles. The van der Waals surface area contributed by atoms with Crippen molar-refractivity contribution in [1.29, 1.82) is 0 Å². The molecule has 0 fully saturated rings. The Kier molecular flexibility index (Phi) is 2.91. The van der Waals surface area contributed by atoms with Crippen LogP contribution in [0.15, 0.2) is 24.3 Å². The van der Waals surface area contributed by atoms with Crippen LogP contribution in [0.1, 0.15) is 29.8 Å². The zero-order valence-corrected chi connectivity index (χ0v) is 8.66. The summed E-state index contributed by atoms with van der Waals surface area (Å²) in [6.45, 7) is 4.02. The average molecular weight is 193 g/mol. The molecule has 0 amide bonds. The van der Waals surface area contributed by atoms with Crippen LogP contribution in [0.5, 0.6) is 0 Å². The number of benzene rings is 1. The van der Waals surface area contributed by atoms with Gasteiger partial charge in [0.2, 0.25) is 0 Å².